The van der Waals surface area contributed by atoms with E-state index in [4.69, 9.17) is 11.6 Å². The number of carbonyl (C=O) groups is 1. The number of rotatable bonds is 3. The van der Waals surface area contributed by atoms with Gasteiger partial charge in [-0.1, -0.05) is 32.4 Å². The molecular weight excluding hydrogens is 360 g/mol. The minimum Gasteiger partial charge on any atom is -0.465 e. The molecule has 23 heavy (non-hydrogen) atoms. The van der Waals surface area contributed by atoms with Gasteiger partial charge in [0.15, 0.2) is 0 Å². The maximum absolute atomic E-state index is 12.5. The van der Waals surface area contributed by atoms with Gasteiger partial charge in [-0.2, -0.15) is 0 Å². The van der Waals surface area contributed by atoms with E-state index in [0.717, 1.165) is 11.3 Å². The van der Waals surface area contributed by atoms with Gasteiger partial charge in [0.05, 0.1) is 10.4 Å². The third-order valence-corrected chi connectivity index (χ3v) is 7.10. The number of hydrogen-bond acceptors (Lipinski definition) is 4. The van der Waals surface area contributed by atoms with E-state index in [1.807, 2.05) is 20.8 Å². The summed E-state index contributed by atoms with van der Waals surface area (Å²) in [7, 11) is -3.72. The molecule has 0 spiro atoms. The molecule has 0 saturated carbocycles. The molecule has 130 valence electrons. The fourth-order valence-electron chi connectivity index (χ4n) is 3.10. The van der Waals surface area contributed by atoms with Crippen molar-refractivity contribution in [3.63, 3.8) is 0 Å². The first-order valence-corrected chi connectivity index (χ1v) is 9.97. The zero-order valence-electron chi connectivity index (χ0n) is 13.2. The third kappa shape index (κ3) is 4.17. The number of hydrogen-bond donors (Lipinski definition) is 2. The van der Waals surface area contributed by atoms with Crippen LogP contribution in [0.2, 0.25) is 4.34 Å². The number of amides is 1. The van der Waals surface area contributed by atoms with Crippen molar-refractivity contribution in [2.75, 3.05) is 6.54 Å². The molecule has 1 fully saturated rings. The molecule has 6 nitrogen and oxygen atoms in total. The minimum absolute atomic E-state index is 0.141. The average Bonchev–Trinajstić information content (AvgIpc) is 2.84. The van der Waals surface area contributed by atoms with E-state index in [9.17, 15) is 18.3 Å². The quantitative estimate of drug-likeness (QED) is 0.842. The molecular formula is C14H21ClN2O4S2. The van der Waals surface area contributed by atoms with Gasteiger partial charge < -0.3 is 10.0 Å². The predicted octanol–water partition coefficient (Wildman–Crippen LogP) is 3.24. The van der Waals surface area contributed by atoms with Crippen molar-refractivity contribution in [3.8, 4) is 0 Å². The molecule has 0 aromatic carbocycles. The Labute approximate surface area is 145 Å². The lowest BCUT2D eigenvalue weighted by Crippen LogP contribution is -2.61. The van der Waals surface area contributed by atoms with Gasteiger partial charge in [-0.3, -0.25) is 0 Å². The summed E-state index contributed by atoms with van der Waals surface area (Å²) in [5.41, 5.74) is -0.390. The zero-order chi connectivity index (χ0) is 17.4. The molecule has 1 aliphatic rings. The number of sulfonamides is 1. The lowest BCUT2D eigenvalue weighted by molar-refractivity contribution is 0.0434. The summed E-state index contributed by atoms with van der Waals surface area (Å²) in [4.78, 5) is 12.9. The summed E-state index contributed by atoms with van der Waals surface area (Å²) in [6.07, 6.45) is 0.203. The topological polar surface area (TPSA) is 86.7 Å². The van der Waals surface area contributed by atoms with Crippen LogP contribution in [0.15, 0.2) is 16.3 Å². The predicted molar refractivity (Wildman–Crippen MR) is 90.6 cm³/mol. The highest BCUT2D eigenvalue weighted by Crippen LogP contribution is 2.34. The molecule has 2 atom stereocenters. The molecule has 1 aromatic heterocycles. The molecule has 1 amide bonds. The molecule has 1 saturated heterocycles. The van der Waals surface area contributed by atoms with E-state index in [1.54, 1.807) is 0 Å². The Morgan fingerprint density at radius 2 is 2.09 bits per heavy atom. The van der Waals surface area contributed by atoms with Gasteiger partial charge in [-0.15, -0.1) is 11.3 Å². The molecule has 2 heterocycles. The van der Waals surface area contributed by atoms with Crippen LogP contribution in [0.1, 0.15) is 33.6 Å². The van der Waals surface area contributed by atoms with Crippen LogP contribution in [0.5, 0.6) is 0 Å². The van der Waals surface area contributed by atoms with E-state index < -0.39 is 28.2 Å². The van der Waals surface area contributed by atoms with E-state index in [-0.39, 0.29) is 9.62 Å². The first-order chi connectivity index (χ1) is 10.5. The molecule has 9 heteroatoms. The molecule has 1 unspecified atom stereocenters. The molecule has 2 rings (SSSR count). The van der Waals surface area contributed by atoms with Crippen LogP contribution in [0, 0.1) is 5.41 Å². The minimum atomic E-state index is -3.72. The van der Waals surface area contributed by atoms with Crippen LogP contribution >= 0.6 is 22.9 Å². The van der Waals surface area contributed by atoms with Crippen LogP contribution in [-0.2, 0) is 10.0 Å². The van der Waals surface area contributed by atoms with Crippen molar-refractivity contribution in [1.82, 2.24) is 9.62 Å². The van der Waals surface area contributed by atoms with Crippen molar-refractivity contribution in [3.05, 3.63) is 16.5 Å². The van der Waals surface area contributed by atoms with E-state index >= 15 is 0 Å². The highest BCUT2D eigenvalue weighted by Gasteiger charge is 2.43. The van der Waals surface area contributed by atoms with Gasteiger partial charge >= 0.3 is 6.09 Å². The van der Waals surface area contributed by atoms with Crippen molar-refractivity contribution < 1.29 is 18.3 Å². The van der Waals surface area contributed by atoms with Gasteiger partial charge in [0, 0.05) is 12.6 Å². The Morgan fingerprint density at radius 3 is 2.57 bits per heavy atom. The molecule has 1 aromatic rings. The third-order valence-electron chi connectivity index (χ3n) is 3.88. The normalized spacial score (nSPS) is 23.0. The van der Waals surface area contributed by atoms with Gasteiger partial charge in [-0.05, 0) is 30.4 Å². The van der Waals surface area contributed by atoms with Crippen molar-refractivity contribution in [1.29, 1.82) is 0 Å². The second-order valence-corrected chi connectivity index (χ2v) is 10.4. The Morgan fingerprint density at radius 1 is 1.43 bits per heavy atom. The van der Waals surface area contributed by atoms with Crippen molar-refractivity contribution >= 4 is 39.1 Å². The number of piperidine rings is 1. The number of likely N-dealkylation sites (tertiary alicyclic amines) is 1. The largest absolute Gasteiger partial charge is 0.465 e. The van der Waals surface area contributed by atoms with Gasteiger partial charge in [0.1, 0.15) is 4.21 Å². The fraction of sp³-hybridized carbons (Fsp3) is 0.643. The molecule has 2 N–H and O–H groups in total. The Bertz CT molecular complexity index is 681. The summed E-state index contributed by atoms with van der Waals surface area (Å²) in [5, 5.41) is 9.44. The number of halogens is 1. The number of carboxylic acid groups (broad SMARTS) is 1. The fourth-order valence-corrected chi connectivity index (χ4v) is 5.88. The Kier molecular flexibility index (Phi) is 5.30. The van der Waals surface area contributed by atoms with Crippen molar-refractivity contribution in [2.24, 2.45) is 5.41 Å². The second kappa shape index (κ2) is 6.58. The van der Waals surface area contributed by atoms with E-state index in [2.05, 4.69) is 4.72 Å². The second-order valence-electron chi connectivity index (χ2n) is 6.72. The summed E-state index contributed by atoms with van der Waals surface area (Å²) >= 11 is 6.80. The van der Waals surface area contributed by atoms with Crippen LogP contribution < -0.4 is 4.72 Å². The lowest BCUT2D eigenvalue weighted by Gasteiger charge is -2.46. The van der Waals surface area contributed by atoms with E-state index in [1.165, 1.54) is 17.0 Å². The Hall–Kier alpha value is -0.830. The first kappa shape index (κ1) is 18.5. The summed E-state index contributed by atoms with van der Waals surface area (Å²) in [6.45, 7) is 6.17. The Balaban J connectivity index is 2.30. The lowest BCUT2D eigenvalue weighted by atomic mass is 9.78. The number of nitrogens with zero attached hydrogens (tertiary/aromatic N) is 1. The molecule has 0 bridgehead atoms. The van der Waals surface area contributed by atoms with Crippen LogP contribution in [0.4, 0.5) is 4.79 Å². The smallest absolute Gasteiger partial charge is 0.407 e. The van der Waals surface area contributed by atoms with Crippen molar-refractivity contribution in [2.45, 2.75) is 49.9 Å². The summed E-state index contributed by atoms with van der Waals surface area (Å²) in [5.74, 6) is 0. The highest BCUT2D eigenvalue weighted by molar-refractivity contribution is 7.91. The van der Waals surface area contributed by atoms with Gasteiger partial charge in [-0.25, -0.2) is 17.9 Å². The van der Waals surface area contributed by atoms with Crippen LogP contribution in [-0.4, -0.2) is 43.1 Å². The number of thiophene rings is 1. The maximum atomic E-state index is 12.5. The van der Waals surface area contributed by atoms with Gasteiger partial charge in [0.2, 0.25) is 10.0 Å². The highest BCUT2D eigenvalue weighted by atomic mass is 35.5. The summed E-state index contributed by atoms with van der Waals surface area (Å²) < 4.78 is 28.3. The monoisotopic (exact) mass is 380 g/mol. The maximum Gasteiger partial charge on any atom is 0.407 e. The molecule has 0 radical (unpaired) electrons. The summed E-state index contributed by atoms with van der Waals surface area (Å²) in [6, 6.07) is 2.09. The standard InChI is InChI=1S/C14H21ClN2O4S2/c1-14(2,3)12-9(5-4-8-17(12)13(18)19)16-23(20,21)11-7-6-10(15)22-11/h6-7,9,12,16H,4-5,8H2,1-3H3,(H,18,19)/t9-,12?/m0/s1. The van der Waals surface area contributed by atoms with Crippen LogP contribution in [0.3, 0.4) is 0 Å². The first-order valence-electron chi connectivity index (χ1n) is 7.29. The number of nitrogens with one attached hydrogen (secondary N) is 1. The molecule has 0 aliphatic carbocycles. The SMILES string of the molecule is CC(C)(C)C1[C@@H](NS(=O)(=O)c2ccc(Cl)s2)CCCN1C(=O)O. The van der Waals surface area contributed by atoms with Gasteiger partial charge in [0.25, 0.3) is 0 Å². The van der Waals surface area contributed by atoms with E-state index in [0.29, 0.717) is 23.7 Å². The zero-order valence-corrected chi connectivity index (χ0v) is 15.6. The average molecular weight is 381 g/mol. The van der Waals surface area contributed by atoms with Crippen LogP contribution in [0.25, 0.3) is 0 Å². The molecule has 1 aliphatic heterocycles.